The van der Waals surface area contributed by atoms with Gasteiger partial charge in [-0.3, -0.25) is 9.78 Å². The Morgan fingerprint density at radius 1 is 0.947 bits per heavy atom. The normalized spacial score (nSPS) is 10.5. The van der Waals surface area contributed by atoms with E-state index in [-0.39, 0.29) is 5.75 Å². The number of fused-ring (bicyclic) bond motifs is 1. The first-order chi connectivity index (χ1) is 9.25. The van der Waals surface area contributed by atoms with E-state index in [9.17, 15) is 9.90 Å². The monoisotopic (exact) mass is 251 g/mol. The number of nitrogens with zero attached hydrogens (tertiary/aromatic N) is 3. The standard InChI is InChI=1S/C14H9N3O2/c18-12-4-2-1-3-9(13(12)19)10-5-6-11-14(17-10)16-8-7-15-11/h1-8H,(H,18,19). The highest BCUT2D eigenvalue weighted by Gasteiger charge is 2.08. The van der Waals surface area contributed by atoms with Crippen molar-refractivity contribution in [2.75, 3.05) is 0 Å². The van der Waals surface area contributed by atoms with Crippen molar-refractivity contribution in [2.45, 2.75) is 0 Å². The Kier molecular flexibility index (Phi) is 2.64. The second kappa shape index (κ2) is 4.45. The van der Waals surface area contributed by atoms with Gasteiger partial charge in [-0.1, -0.05) is 12.1 Å². The molecule has 3 rings (SSSR count). The Labute approximate surface area is 108 Å². The highest BCUT2D eigenvalue weighted by atomic mass is 16.3. The van der Waals surface area contributed by atoms with Crippen LogP contribution in [-0.4, -0.2) is 20.1 Å². The number of aromatic hydroxyl groups is 1. The number of aromatic nitrogens is 3. The first-order valence-corrected chi connectivity index (χ1v) is 5.66. The van der Waals surface area contributed by atoms with E-state index in [4.69, 9.17) is 0 Å². The summed E-state index contributed by atoms with van der Waals surface area (Å²) in [6, 6.07) is 9.65. The van der Waals surface area contributed by atoms with Gasteiger partial charge in [0.2, 0.25) is 5.43 Å². The van der Waals surface area contributed by atoms with Gasteiger partial charge in [0.15, 0.2) is 11.4 Å². The Hall–Kier alpha value is -2.82. The van der Waals surface area contributed by atoms with Crippen LogP contribution in [0.1, 0.15) is 0 Å². The second-order valence-electron chi connectivity index (χ2n) is 3.94. The molecule has 92 valence electrons. The van der Waals surface area contributed by atoms with E-state index in [1.165, 1.54) is 6.07 Å². The number of pyridine rings is 1. The predicted molar refractivity (Wildman–Crippen MR) is 70.7 cm³/mol. The third-order valence-corrected chi connectivity index (χ3v) is 2.72. The number of hydrogen-bond acceptors (Lipinski definition) is 5. The minimum atomic E-state index is -0.443. The molecule has 19 heavy (non-hydrogen) atoms. The first kappa shape index (κ1) is 11.3. The third kappa shape index (κ3) is 2.01. The van der Waals surface area contributed by atoms with Crippen LogP contribution in [-0.2, 0) is 0 Å². The van der Waals surface area contributed by atoms with Gasteiger partial charge in [0, 0.05) is 18.0 Å². The molecule has 5 heteroatoms. The minimum Gasteiger partial charge on any atom is -0.504 e. The molecule has 1 aromatic carbocycles. The van der Waals surface area contributed by atoms with Gasteiger partial charge < -0.3 is 5.11 Å². The van der Waals surface area contributed by atoms with E-state index < -0.39 is 5.43 Å². The van der Waals surface area contributed by atoms with E-state index in [1.54, 1.807) is 42.7 Å². The summed E-state index contributed by atoms with van der Waals surface area (Å²) in [4.78, 5) is 24.1. The van der Waals surface area contributed by atoms with Gasteiger partial charge in [0.25, 0.3) is 0 Å². The lowest BCUT2D eigenvalue weighted by Crippen LogP contribution is -1.96. The molecule has 0 aliphatic rings. The maximum absolute atomic E-state index is 11.6. The van der Waals surface area contributed by atoms with Crippen molar-refractivity contribution >= 4 is 11.2 Å². The zero-order valence-electron chi connectivity index (χ0n) is 9.82. The average molecular weight is 251 g/mol. The zero-order valence-corrected chi connectivity index (χ0v) is 9.82. The highest BCUT2D eigenvalue weighted by Crippen LogP contribution is 2.24. The van der Waals surface area contributed by atoms with Crippen molar-refractivity contribution in [3.8, 4) is 17.0 Å². The molecule has 0 fully saturated rings. The van der Waals surface area contributed by atoms with Gasteiger partial charge in [-0.15, -0.1) is 0 Å². The molecule has 3 aromatic rings. The minimum absolute atomic E-state index is 0.319. The van der Waals surface area contributed by atoms with Crippen LogP contribution in [0.4, 0.5) is 0 Å². The Balaban J connectivity index is 2.28. The molecule has 5 nitrogen and oxygen atoms in total. The van der Waals surface area contributed by atoms with E-state index in [0.717, 1.165) is 0 Å². The van der Waals surface area contributed by atoms with Gasteiger partial charge >= 0.3 is 0 Å². The van der Waals surface area contributed by atoms with Crippen LogP contribution in [0.5, 0.6) is 5.75 Å². The van der Waals surface area contributed by atoms with Crippen LogP contribution in [0.3, 0.4) is 0 Å². The largest absolute Gasteiger partial charge is 0.504 e. The van der Waals surface area contributed by atoms with E-state index in [0.29, 0.717) is 22.4 Å². The SMILES string of the molecule is O=c1ccccc(-c2ccc3nccnc3n2)c1O. The number of rotatable bonds is 1. The molecule has 0 unspecified atom stereocenters. The topological polar surface area (TPSA) is 76.0 Å². The molecular weight excluding hydrogens is 242 g/mol. The van der Waals surface area contributed by atoms with Gasteiger partial charge in [0.1, 0.15) is 5.52 Å². The summed E-state index contributed by atoms with van der Waals surface area (Å²) < 4.78 is 0. The molecule has 2 aromatic heterocycles. The van der Waals surface area contributed by atoms with Crippen molar-refractivity contribution < 1.29 is 5.11 Å². The molecule has 0 bridgehead atoms. The molecule has 0 saturated heterocycles. The zero-order chi connectivity index (χ0) is 13.2. The van der Waals surface area contributed by atoms with Gasteiger partial charge in [-0.2, -0.15) is 0 Å². The first-order valence-electron chi connectivity index (χ1n) is 5.66. The Bertz CT molecular complexity index is 818. The molecular formula is C14H9N3O2. The van der Waals surface area contributed by atoms with E-state index in [1.807, 2.05) is 0 Å². The van der Waals surface area contributed by atoms with Crippen LogP contribution in [0.25, 0.3) is 22.4 Å². The summed E-state index contributed by atoms with van der Waals surface area (Å²) >= 11 is 0. The summed E-state index contributed by atoms with van der Waals surface area (Å²) in [5.41, 5.74) is 1.55. The fourth-order valence-electron chi connectivity index (χ4n) is 1.80. The van der Waals surface area contributed by atoms with Gasteiger partial charge in [0.05, 0.1) is 5.69 Å². The smallest absolute Gasteiger partial charge is 0.220 e. The molecule has 1 N–H and O–H groups in total. The van der Waals surface area contributed by atoms with Crippen molar-refractivity contribution in [1.29, 1.82) is 0 Å². The van der Waals surface area contributed by atoms with E-state index >= 15 is 0 Å². The maximum Gasteiger partial charge on any atom is 0.220 e. The van der Waals surface area contributed by atoms with Gasteiger partial charge in [-0.05, 0) is 24.3 Å². The summed E-state index contributed by atoms with van der Waals surface area (Å²) in [6.45, 7) is 0. The van der Waals surface area contributed by atoms with Crippen molar-refractivity contribution in [3.05, 3.63) is 59.0 Å². The molecule has 0 atom stereocenters. The summed E-state index contributed by atoms with van der Waals surface area (Å²) in [7, 11) is 0. The highest BCUT2D eigenvalue weighted by molar-refractivity contribution is 5.75. The lowest BCUT2D eigenvalue weighted by atomic mass is 10.1. The molecule has 0 amide bonds. The maximum atomic E-state index is 11.6. The molecule has 0 aliphatic carbocycles. The molecule has 2 heterocycles. The fraction of sp³-hybridized carbons (Fsp3) is 0. The predicted octanol–water partition coefficient (Wildman–Crippen LogP) is 1.76. The van der Waals surface area contributed by atoms with Crippen LogP contribution in [0.15, 0.2) is 53.6 Å². The molecule has 0 aliphatic heterocycles. The van der Waals surface area contributed by atoms with Crippen LogP contribution >= 0.6 is 0 Å². The quantitative estimate of drug-likeness (QED) is 0.713. The second-order valence-corrected chi connectivity index (χ2v) is 3.94. The fourth-order valence-corrected chi connectivity index (χ4v) is 1.80. The molecule has 0 spiro atoms. The molecule has 0 radical (unpaired) electrons. The third-order valence-electron chi connectivity index (χ3n) is 2.72. The van der Waals surface area contributed by atoms with Crippen molar-refractivity contribution in [2.24, 2.45) is 0 Å². The van der Waals surface area contributed by atoms with Gasteiger partial charge in [-0.25, -0.2) is 9.97 Å². The van der Waals surface area contributed by atoms with E-state index in [2.05, 4.69) is 15.0 Å². The lowest BCUT2D eigenvalue weighted by Gasteiger charge is -2.01. The summed E-state index contributed by atoms with van der Waals surface area (Å²) in [6.07, 6.45) is 3.13. The van der Waals surface area contributed by atoms with Crippen LogP contribution in [0.2, 0.25) is 0 Å². The van der Waals surface area contributed by atoms with Crippen LogP contribution < -0.4 is 5.43 Å². The van der Waals surface area contributed by atoms with Crippen molar-refractivity contribution in [3.63, 3.8) is 0 Å². The summed E-state index contributed by atoms with van der Waals surface area (Å²) in [5.74, 6) is -0.319. The Morgan fingerprint density at radius 2 is 1.74 bits per heavy atom. The van der Waals surface area contributed by atoms with Crippen LogP contribution in [0, 0.1) is 0 Å². The average Bonchev–Trinajstić information content (AvgIpc) is 2.61. The Morgan fingerprint density at radius 3 is 2.63 bits per heavy atom. The molecule has 0 saturated carbocycles. The summed E-state index contributed by atoms with van der Waals surface area (Å²) in [5, 5.41) is 9.89. The van der Waals surface area contributed by atoms with Crippen molar-refractivity contribution in [1.82, 2.24) is 15.0 Å². The lowest BCUT2D eigenvalue weighted by molar-refractivity contribution is 0.473. The number of hydrogen-bond donors (Lipinski definition) is 1.